The van der Waals surface area contributed by atoms with Crippen LogP contribution >= 0.6 is 0 Å². The standard InChI is InChI=1S/C16H16FNO5/c1-23-16(22)12-7-6-9(17)8-13(12)18-14(19)10-4-2-3-5-11(10)15(20)21/h2-3,6-8,10-11H,4-5H2,1H3,(H,18,19)(H,20,21)/t10-,11+/m1/s1. The van der Waals surface area contributed by atoms with Gasteiger partial charge in [-0.25, -0.2) is 9.18 Å². The molecule has 1 aromatic rings. The van der Waals surface area contributed by atoms with Crippen molar-refractivity contribution in [1.29, 1.82) is 0 Å². The van der Waals surface area contributed by atoms with Crippen molar-refractivity contribution in [2.75, 3.05) is 12.4 Å². The highest BCUT2D eigenvalue weighted by atomic mass is 19.1. The van der Waals surface area contributed by atoms with Crippen LogP contribution in [0, 0.1) is 17.7 Å². The molecule has 0 spiro atoms. The van der Waals surface area contributed by atoms with Gasteiger partial charge < -0.3 is 15.2 Å². The minimum absolute atomic E-state index is 0.000441. The number of hydrogen-bond donors (Lipinski definition) is 2. The summed E-state index contributed by atoms with van der Waals surface area (Å²) in [6.45, 7) is 0. The van der Waals surface area contributed by atoms with E-state index >= 15 is 0 Å². The van der Waals surface area contributed by atoms with Crippen molar-refractivity contribution in [1.82, 2.24) is 0 Å². The average molecular weight is 321 g/mol. The maximum Gasteiger partial charge on any atom is 0.339 e. The highest BCUT2D eigenvalue weighted by molar-refractivity contribution is 6.02. The fourth-order valence-corrected chi connectivity index (χ4v) is 2.51. The van der Waals surface area contributed by atoms with Crippen molar-refractivity contribution in [3.05, 3.63) is 41.7 Å². The third-order valence-electron chi connectivity index (χ3n) is 3.73. The van der Waals surface area contributed by atoms with Gasteiger partial charge in [-0.3, -0.25) is 9.59 Å². The molecule has 0 bridgehead atoms. The number of nitrogens with one attached hydrogen (secondary N) is 1. The number of carbonyl (C=O) groups is 3. The third kappa shape index (κ3) is 3.74. The molecule has 122 valence electrons. The number of aliphatic carboxylic acids is 1. The lowest BCUT2D eigenvalue weighted by molar-refractivity contribution is -0.146. The number of carboxylic acids is 1. The number of halogens is 1. The summed E-state index contributed by atoms with van der Waals surface area (Å²) in [7, 11) is 1.17. The summed E-state index contributed by atoms with van der Waals surface area (Å²) in [5, 5.41) is 11.6. The molecular weight excluding hydrogens is 305 g/mol. The third-order valence-corrected chi connectivity index (χ3v) is 3.73. The van der Waals surface area contributed by atoms with Gasteiger partial charge in [-0.2, -0.15) is 0 Å². The summed E-state index contributed by atoms with van der Waals surface area (Å²) >= 11 is 0. The second-order valence-electron chi connectivity index (χ2n) is 5.16. The monoisotopic (exact) mass is 321 g/mol. The Kier molecular flexibility index (Phi) is 5.10. The molecule has 2 atom stereocenters. The lowest BCUT2D eigenvalue weighted by Gasteiger charge is -2.24. The second-order valence-corrected chi connectivity index (χ2v) is 5.16. The van der Waals surface area contributed by atoms with E-state index in [4.69, 9.17) is 0 Å². The summed E-state index contributed by atoms with van der Waals surface area (Å²) in [5.74, 6) is -4.63. The van der Waals surface area contributed by atoms with Crippen molar-refractivity contribution >= 4 is 23.5 Å². The number of allylic oxidation sites excluding steroid dienone is 2. The number of methoxy groups -OCH3 is 1. The van der Waals surface area contributed by atoms with Gasteiger partial charge in [0.1, 0.15) is 5.82 Å². The molecule has 0 saturated carbocycles. The van der Waals surface area contributed by atoms with Gasteiger partial charge in [-0.15, -0.1) is 0 Å². The summed E-state index contributed by atoms with van der Waals surface area (Å²) in [5.41, 5.74) is -0.0407. The van der Waals surface area contributed by atoms with Crippen LogP contribution in [0.2, 0.25) is 0 Å². The molecule has 0 saturated heterocycles. The number of carbonyl (C=O) groups excluding carboxylic acids is 2. The SMILES string of the molecule is COC(=O)c1ccc(F)cc1NC(=O)[C@@H]1CC=CC[C@@H]1C(=O)O. The number of ether oxygens (including phenoxy) is 1. The minimum atomic E-state index is -1.07. The summed E-state index contributed by atoms with van der Waals surface area (Å²) < 4.78 is 18.0. The second kappa shape index (κ2) is 7.04. The molecule has 0 fully saturated rings. The van der Waals surface area contributed by atoms with E-state index in [1.807, 2.05) is 0 Å². The van der Waals surface area contributed by atoms with Gasteiger partial charge in [0.2, 0.25) is 5.91 Å². The van der Waals surface area contributed by atoms with Gasteiger partial charge in [0.25, 0.3) is 0 Å². The Morgan fingerprint density at radius 2 is 1.87 bits per heavy atom. The Balaban J connectivity index is 2.26. The van der Waals surface area contributed by atoms with Gasteiger partial charge in [0.15, 0.2) is 0 Å². The lowest BCUT2D eigenvalue weighted by atomic mass is 9.82. The van der Waals surface area contributed by atoms with E-state index in [1.54, 1.807) is 12.2 Å². The van der Waals surface area contributed by atoms with Gasteiger partial charge in [0.05, 0.1) is 30.2 Å². The first-order valence-electron chi connectivity index (χ1n) is 7.00. The topological polar surface area (TPSA) is 92.7 Å². The minimum Gasteiger partial charge on any atom is -0.481 e. The molecule has 0 aliphatic heterocycles. The van der Waals surface area contributed by atoms with Crippen LogP contribution in [0.4, 0.5) is 10.1 Å². The van der Waals surface area contributed by atoms with Crippen LogP contribution in [0.25, 0.3) is 0 Å². The van der Waals surface area contributed by atoms with Crippen LogP contribution in [0.1, 0.15) is 23.2 Å². The predicted molar refractivity (Wildman–Crippen MR) is 79.4 cm³/mol. The van der Waals surface area contributed by atoms with E-state index in [2.05, 4.69) is 10.1 Å². The Labute approximate surface area is 131 Å². The Hall–Kier alpha value is -2.70. The van der Waals surface area contributed by atoms with Crippen LogP contribution in [-0.2, 0) is 14.3 Å². The first kappa shape index (κ1) is 16.7. The Morgan fingerprint density at radius 1 is 1.22 bits per heavy atom. The molecule has 0 radical (unpaired) electrons. The first-order chi connectivity index (χ1) is 10.9. The van der Waals surface area contributed by atoms with Crippen LogP contribution in [-0.4, -0.2) is 30.1 Å². The molecule has 1 amide bonds. The summed E-state index contributed by atoms with van der Waals surface area (Å²) in [6.07, 6.45) is 3.97. The number of carboxylic acid groups (broad SMARTS) is 1. The number of amides is 1. The molecule has 1 aliphatic rings. The molecule has 23 heavy (non-hydrogen) atoms. The zero-order chi connectivity index (χ0) is 17.0. The molecule has 1 aliphatic carbocycles. The molecule has 0 unspecified atom stereocenters. The van der Waals surface area contributed by atoms with E-state index in [1.165, 1.54) is 13.2 Å². The highest BCUT2D eigenvalue weighted by Crippen LogP contribution is 2.28. The highest BCUT2D eigenvalue weighted by Gasteiger charge is 2.34. The molecular formula is C16H16FNO5. The first-order valence-corrected chi connectivity index (χ1v) is 7.00. The van der Waals surface area contributed by atoms with E-state index in [0.29, 0.717) is 0 Å². The lowest BCUT2D eigenvalue weighted by Crippen LogP contribution is -2.35. The zero-order valence-electron chi connectivity index (χ0n) is 12.4. The number of anilines is 1. The molecule has 0 heterocycles. The van der Waals surface area contributed by atoms with Gasteiger partial charge in [-0.05, 0) is 31.0 Å². The quantitative estimate of drug-likeness (QED) is 0.655. The van der Waals surface area contributed by atoms with Gasteiger partial charge in [0, 0.05) is 0 Å². The normalized spacial score (nSPS) is 19.9. The molecule has 2 N–H and O–H groups in total. The fourth-order valence-electron chi connectivity index (χ4n) is 2.51. The summed E-state index contributed by atoms with van der Waals surface area (Å²) in [6, 6.07) is 3.27. The molecule has 2 rings (SSSR count). The van der Waals surface area contributed by atoms with Crippen molar-refractivity contribution in [2.24, 2.45) is 11.8 Å². The molecule has 0 aromatic heterocycles. The van der Waals surface area contributed by atoms with E-state index in [0.717, 1.165) is 12.1 Å². The molecule has 6 nitrogen and oxygen atoms in total. The van der Waals surface area contributed by atoms with E-state index in [-0.39, 0.29) is 24.1 Å². The number of rotatable bonds is 4. The zero-order valence-corrected chi connectivity index (χ0v) is 12.4. The smallest absolute Gasteiger partial charge is 0.339 e. The number of hydrogen-bond acceptors (Lipinski definition) is 4. The fraction of sp³-hybridized carbons (Fsp3) is 0.312. The van der Waals surface area contributed by atoms with Crippen molar-refractivity contribution in [3.8, 4) is 0 Å². The molecule has 7 heteroatoms. The predicted octanol–water partition coefficient (Wildman–Crippen LogP) is 2.22. The van der Waals surface area contributed by atoms with Crippen LogP contribution in [0.15, 0.2) is 30.4 Å². The van der Waals surface area contributed by atoms with E-state index < -0.39 is 35.5 Å². The van der Waals surface area contributed by atoms with E-state index in [9.17, 15) is 23.9 Å². The van der Waals surface area contributed by atoms with Crippen LogP contribution < -0.4 is 5.32 Å². The average Bonchev–Trinajstić information content (AvgIpc) is 2.54. The van der Waals surface area contributed by atoms with Crippen molar-refractivity contribution < 1.29 is 28.6 Å². The van der Waals surface area contributed by atoms with Crippen LogP contribution in [0.5, 0.6) is 0 Å². The van der Waals surface area contributed by atoms with Gasteiger partial charge in [-0.1, -0.05) is 12.2 Å². The van der Waals surface area contributed by atoms with Crippen LogP contribution in [0.3, 0.4) is 0 Å². The number of benzene rings is 1. The number of esters is 1. The Bertz CT molecular complexity index is 670. The Morgan fingerprint density at radius 3 is 2.48 bits per heavy atom. The van der Waals surface area contributed by atoms with Crippen molar-refractivity contribution in [3.63, 3.8) is 0 Å². The summed E-state index contributed by atoms with van der Waals surface area (Å²) in [4.78, 5) is 35.3. The van der Waals surface area contributed by atoms with Crippen molar-refractivity contribution in [2.45, 2.75) is 12.8 Å². The maximum atomic E-state index is 13.4. The van der Waals surface area contributed by atoms with Gasteiger partial charge >= 0.3 is 11.9 Å². The maximum absolute atomic E-state index is 13.4. The molecule has 1 aromatic carbocycles. The largest absolute Gasteiger partial charge is 0.481 e.